The van der Waals surface area contributed by atoms with Crippen LogP contribution in [0.5, 0.6) is 0 Å². The van der Waals surface area contributed by atoms with Gasteiger partial charge in [0.15, 0.2) is 0 Å². The Morgan fingerprint density at radius 2 is 1.79 bits per heavy atom. The second-order valence-corrected chi connectivity index (χ2v) is 6.24. The Hall–Kier alpha value is -2.81. The van der Waals surface area contributed by atoms with Gasteiger partial charge < -0.3 is 16.0 Å². The van der Waals surface area contributed by atoms with E-state index in [2.05, 4.69) is 21.9 Å². The monoisotopic (exact) mass is 329 g/mol. The average Bonchev–Trinajstić information content (AvgIpc) is 2.52. The lowest BCUT2D eigenvalue weighted by Gasteiger charge is -2.17. The second kappa shape index (κ2) is 8.73. The number of carbonyl (C=O) groups excluding carboxylic acids is 3. The summed E-state index contributed by atoms with van der Waals surface area (Å²) >= 11 is 0. The zero-order valence-corrected chi connectivity index (χ0v) is 14.2. The summed E-state index contributed by atoms with van der Waals surface area (Å²) in [7, 11) is 0. The van der Waals surface area contributed by atoms with Gasteiger partial charge >= 0.3 is 0 Å². The molecule has 1 rings (SSSR count). The molecule has 0 unspecified atom stereocenters. The molecule has 128 valence electrons. The van der Waals surface area contributed by atoms with E-state index in [4.69, 9.17) is 6.42 Å². The Morgan fingerprint density at radius 1 is 1.12 bits per heavy atom. The zero-order chi connectivity index (χ0) is 18.2. The topological polar surface area (TPSA) is 87.3 Å². The smallest absolute Gasteiger partial charge is 0.254 e. The maximum absolute atomic E-state index is 12.0. The van der Waals surface area contributed by atoms with E-state index >= 15 is 0 Å². The molecule has 6 nitrogen and oxygen atoms in total. The molecule has 0 saturated carbocycles. The van der Waals surface area contributed by atoms with Crippen molar-refractivity contribution in [1.82, 2.24) is 10.6 Å². The van der Waals surface area contributed by atoms with Gasteiger partial charge in [-0.3, -0.25) is 14.4 Å². The summed E-state index contributed by atoms with van der Waals surface area (Å²) in [6, 6.07) is 6.65. The lowest BCUT2D eigenvalue weighted by atomic mass is 9.96. The summed E-state index contributed by atoms with van der Waals surface area (Å²) < 4.78 is 0. The highest BCUT2D eigenvalue weighted by Crippen LogP contribution is 2.15. The van der Waals surface area contributed by atoms with Crippen LogP contribution < -0.4 is 16.0 Å². The van der Waals surface area contributed by atoms with Crippen LogP contribution in [0, 0.1) is 17.8 Å². The molecular formula is C18H23N3O3. The average molecular weight is 329 g/mol. The lowest BCUT2D eigenvalue weighted by Crippen LogP contribution is -2.36. The van der Waals surface area contributed by atoms with Crippen molar-refractivity contribution in [3.8, 4) is 12.3 Å². The largest absolute Gasteiger partial charge is 0.355 e. The van der Waals surface area contributed by atoms with Crippen LogP contribution in [-0.4, -0.2) is 30.8 Å². The number of hydrogen-bond donors (Lipinski definition) is 3. The third-order valence-electron chi connectivity index (χ3n) is 3.12. The van der Waals surface area contributed by atoms with Crippen LogP contribution in [0.1, 0.15) is 37.6 Å². The lowest BCUT2D eigenvalue weighted by molar-refractivity contribution is -0.128. The van der Waals surface area contributed by atoms with Crippen LogP contribution in [0.25, 0.3) is 0 Å². The fourth-order valence-electron chi connectivity index (χ4n) is 1.78. The first-order valence-corrected chi connectivity index (χ1v) is 7.64. The van der Waals surface area contributed by atoms with Crippen LogP contribution in [0.15, 0.2) is 24.3 Å². The minimum atomic E-state index is -0.502. The molecule has 3 amide bonds. The number of para-hydroxylation sites is 1. The van der Waals surface area contributed by atoms with Crippen LogP contribution in [0.2, 0.25) is 0 Å². The van der Waals surface area contributed by atoms with Crippen LogP contribution >= 0.6 is 0 Å². The molecule has 0 heterocycles. The molecule has 0 atom stereocenters. The number of terminal acetylenes is 1. The maximum atomic E-state index is 12.0. The first kappa shape index (κ1) is 19.2. The predicted molar refractivity (Wildman–Crippen MR) is 93.3 cm³/mol. The molecule has 0 bridgehead atoms. The van der Waals surface area contributed by atoms with E-state index < -0.39 is 5.41 Å². The summed E-state index contributed by atoms with van der Waals surface area (Å²) in [4.78, 5) is 35.7. The van der Waals surface area contributed by atoms with Gasteiger partial charge in [-0.15, -0.1) is 6.42 Å². The van der Waals surface area contributed by atoms with Crippen molar-refractivity contribution in [2.75, 3.05) is 18.4 Å². The normalized spacial score (nSPS) is 10.4. The highest BCUT2D eigenvalue weighted by Gasteiger charge is 2.20. The standard InChI is InChI=1S/C18H23N3O3/c1-5-11-19-16(23)13-8-6-7-9-14(13)21-15(22)10-12-20-17(24)18(2,3)4/h1,6-9H,10-12H2,2-4H3,(H,19,23)(H,20,24)(H,21,22). The molecule has 6 heteroatoms. The Balaban J connectivity index is 2.60. The van der Waals surface area contributed by atoms with E-state index in [1.807, 2.05) is 0 Å². The second-order valence-electron chi connectivity index (χ2n) is 6.24. The third kappa shape index (κ3) is 6.13. The zero-order valence-electron chi connectivity index (χ0n) is 14.2. The molecule has 0 saturated heterocycles. The molecule has 3 N–H and O–H groups in total. The number of amides is 3. The molecule has 0 aliphatic heterocycles. The van der Waals surface area contributed by atoms with Crippen molar-refractivity contribution in [2.24, 2.45) is 5.41 Å². The van der Waals surface area contributed by atoms with Crippen molar-refractivity contribution >= 4 is 23.4 Å². The molecule has 1 aromatic rings. The summed E-state index contributed by atoms with van der Waals surface area (Å²) in [5, 5.41) is 7.93. The molecule has 0 spiro atoms. The van der Waals surface area contributed by atoms with Crippen molar-refractivity contribution in [3.63, 3.8) is 0 Å². The number of benzene rings is 1. The van der Waals surface area contributed by atoms with Gasteiger partial charge in [-0.25, -0.2) is 0 Å². The molecule has 0 radical (unpaired) electrons. The van der Waals surface area contributed by atoms with E-state index in [9.17, 15) is 14.4 Å². The number of rotatable bonds is 6. The maximum Gasteiger partial charge on any atom is 0.254 e. The summed E-state index contributed by atoms with van der Waals surface area (Å²) in [5.74, 6) is 1.55. The summed E-state index contributed by atoms with van der Waals surface area (Å²) in [6.45, 7) is 5.74. The van der Waals surface area contributed by atoms with Gasteiger partial charge in [0.05, 0.1) is 17.8 Å². The van der Waals surface area contributed by atoms with Gasteiger partial charge in [-0.2, -0.15) is 0 Å². The minimum absolute atomic E-state index is 0.111. The quantitative estimate of drug-likeness (QED) is 0.692. The van der Waals surface area contributed by atoms with E-state index in [-0.39, 0.29) is 37.2 Å². The van der Waals surface area contributed by atoms with Crippen LogP contribution in [0.3, 0.4) is 0 Å². The number of anilines is 1. The molecule has 0 aliphatic carbocycles. The Morgan fingerprint density at radius 3 is 2.42 bits per heavy atom. The molecule has 24 heavy (non-hydrogen) atoms. The van der Waals surface area contributed by atoms with E-state index in [0.717, 1.165) is 0 Å². The first-order chi connectivity index (χ1) is 11.3. The van der Waals surface area contributed by atoms with Gasteiger partial charge in [-0.05, 0) is 12.1 Å². The Kier molecular flexibility index (Phi) is 6.99. The molecule has 1 aromatic carbocycles. The number of hydrogen-bond acceptors (Lipinski definition) is 3. The number of carbonyl (C=O) groups is 3. The number of nitrogens with one attached hydrogen (secondary N) is 3. The highest BCUT2D eigenvalue weighted by molar-refractivity contribution is 6.03. The predicted octanol–water partition coefficient (Wildman–Crippen LogP) is 1.54. The van der Waals surface area contributed by atoms with Crippen molar-refractivity contribution in [3.05, 3.63) is 29.8 Å². The van der Waals surface area contributed by atoms with Gasteiger partial charge in [0.2, 0.25) is 11.8 Å². The molecule has 0 aliphatic rings. The van der Waals surface area contributed by atoms with Crippen molar-refractivity contribution < 1.29 is 14.4 Å². The van der Waals surface area contributed by atoms with Gasteiger partial charge in [0.1, 0.15) is 0 Å². The molecule has 0 aromatic heterocycles. The van der Waals surface area contributed by atoms with Crippen LogP contribution in [0.4, 0.5) is 5.69 Å². The fourth-order valence-corrected chi connectivity index (χ4v) is 1.78. The minimum Gasteiger partial charge on any atom is -0.355 e. The van der Waals surface area contributed by atoms with Crippen LogP contribution in [-0.2, 0) is 9.59 Å². The van der Waals surface area contributed by atoms with Gasteiger partial charge in [0, 0.05) is 18.4 Å². The van der Waals surface area contributed by atoms with Crippen molar-refractivity contribution in [1.29, 1.82) is 0 Å². The summed E-state index contributed by atoms with van der Waals surface area (Å²) in [5.41, 5.74) is 0.233. The van der Waals surface area contributed by atoms with E-state index in [1.165, 1.54) is 0 Å². The SMILES string of the molecule is C#CCNC(=O)c1ccccc1NC(=O)CCNC(=O)C(C)(C)C. The fraction of sp³-hybridized carbons (Fsp3) is 0.389. The van der Waals surface area contributed by atoms with Gasteiger partial charge in [0.25, 0.3) is 5.91 Å². The Labute approximate surface area is 142 Å². The molecule has 0 fully saturated rings. The highest BCUT2D eigenvalue weighted by atomic mass is 16.2. The summed E-state index contributed by atoms with van der Waals surface area (Å²) in [6.07, 6.45) is 5.23. The van der Waals surface area contributed by atoms with E-state index in [0.29, 0.717) is 11.3 Å². The van der Waals surface area contributed by atoms with Crippen molar-refractivity contribution in [2.45, 2.75) is 27.2 Å². The first-order valence-electron chi connectivity index (χ1n) is 7.64. The third-order valence-corrected chi connectivity index (χ3v) is 3.12. The molecular weight excluding hydrogens is 306 g/mol. The van der Waals surface area contributed by atoms with E-state index in [1.54, 1.807) is 45.0 Å². The Bertz CT molecular complexity index is 654. The van der Waals surface area contributed by atoms with Gasteiger partial charge in [-0.1, -0.05) is 38.8 Å².